The number of halogens is 3. The molecule has 0 aliphatic heterocycles. The summed E-state index contributed by atoms with van der Waals surface area (Å²) in [4.78, 5) is 12.2. The molecule has 0 spiro atoms. The van der Waals surface area contributed by atoms with Crippen LogP contribution in [-0.2, 0) is 0 Å². The summed E-state index contributed by atoms with van der Waals surface area (Å²) in [5.74, 6) is -1.62. The van der Waals surface area contributed by atoms with Crippen LogP contribution < -0.4 is 5.32 Å². The molecular formula is C16H14BrF2NO. The first-order chi connectivity index (χ1) is 9.86. The van der Waals surface area contributed by atoms with Gasteiger partial charge in [0.1, 0.15) is 11.6 Å². The monoisotopic (exact) mass is 353 g/mol. The van der Waals surface area contributed by atoms with Gasteiger partial charge >= 0.3 is 0 Å². The van der Waals surface area contributed by atoms with E-state index in [0.717, 1.165) is 16.1 Å². The molecule has 1 atom stereocenters. The summed E-state index contributed by atoms with van der Waals surface area (Å²) in [7, 11) is 0. The molecule has 2 nitrogen and oxygen atoms in total. The Balaban J connectivity index is 2.18. The van der Waals surface area contributed by atoms with E-state index >= 15 is 0 Å². The van der Waals surface area contributed by atoms with Crippen LogP contribution in [0.5, 0.6) is 0 Å². The molecule has 0 heterocycles. The van der Waals surface area contributed by atoms with Gasteiger partial charge in [0.25, 0.3) is 5.91 Å². The van der Waals surface area contributed by atoms with Crippen LogP contribution >= 0.6 is 15.9 Å². The minimum Gasteiger partial charge on any atom is -0.345 e. The SMILES string of the molecule is Cc1cc(Br)cc(C(=O)NC(C)c2ccc(F)cc2F)c1. The molecule has 5 heteroatoms. The second kappa shape index (κ2) is 6.35. The van der Waals surface area contributed by atoms with Crippen molar-refractivity contribution in [2.75, 3.05) is 0 Å². The Morgan fingerprint density at radius 2 is 1.90 bits per heavy atom. The highest BCUT2D eigenvalue weighted by molar-refractivity contribution is 9.10. The molecule has 0 bridgehead atoms. The van der Waals surface area contributed by atoms with Gasteiger partial charge in [-0.3, -0.25) is 4.79 Å². The average molecular weight is 354 g/mol. The molecule has 0 aliphatic rings. The normalized spacial score (nSPS) is 12.0. The van der Waals surface area contributed by atoms with Gasteiger partial charge in [0.2, 0.25) is 0 Å². The van der Waals surface area contributed by atoms with Crippen LogP contribution in [0.3, 0.4) is 0 Å². The number of carbonyl (C=O) groups excluding carboxylic acids is 1. The number of aryl methyl sites for hydroxylation is 1. The third kappa shape index (κ3) is 3.88. The first-order valence-electron chi connectivity index (χ1n) is 6.40. The molecule has 0 radical (unpaired) electrons. The number of benzene rings is 2. The molecule has 0 fully saturated rings. The molecule has 1 unspecified atom stereocenters. The molecule has 1 amide bonds. The first kappa shape index (κ1) is 15.6. The predicted octanol–water partition coefficient (Wildman–Crippen LogP) is 4.53. The molecule has 2 rings (SSSR count). The topological polar surface area (TPSA) is 29.1 Å². The molecule has 21 heavy (non-hydrogen) atoms. The van der Waals surface area contributed by atoms with Gasteiger partial charge in [-0.1, -0.05) is 22.0 Å². The summed E-state index contributed by atoms with van der Waals surface area (Å²) in [5, 5.41) is 2.70. The number of carbonyl (C=O) groups is 1. The Bertz CT molecular complexity index is 668. The predicted molar refractivity (Wildman–Crippen MR) is 81.1 cm³/mol. The Morgan fingerprint density at radius 3 is 2.52 bits per heavy atom. The molecule has 0 saturated carbocycles. The lowest BCUT2D eigenvalue weighted by atomic mass is 10.1. The lowest BCUT2D eigenvalue weighted by molar-refractivity contribution is 0.0939. The number of rotatable bonds is 3. The highest BCUT2D eigenvalue weighted by atomic mass is 79.9. The number of amides is 1. The summed E-state index contributed by atoms with van der Waals surface area (Å²) < 4.78 is 27.4. The van der Waals surface area contributed by atoms with Gasteiger partial charge in [0.05, 0.1) is 6.04 Å². The fraction of sp³-hybridized carbons (Fsp3) is 0.188. The van der Waals surface area contributed by atoms with Crippen LogP contribution in [0.25, 0.3) is 0 Å². The summed E-state index contributed by atoms with van der Waals surface area (Å²) >= 11 is 3.33. The fourth-order valence-electron chi connectivity index (χ4n) is 2.08. The molecule has 2 aromatic rings. The van der Waals surface area contributed by atoms with Crippen LogP contribution in [0.15, 0.2) is 40.9 Å². The van der Waals surface area contributed by atoms with Gasteiger partial charge in [-0.25, -0.2) is 8.78 Å². The van der Waals surface area contributed by atoms with E-state index < -0.39 is 17.7 Å². The molecule has 2 aromatic carbocycles. The summed E-state index contributed by atoms with van der Waals surface area (Å²) in [5.41, 5.74) is 1.67. The van der Waals surface area contributed by atoms with E-state index in [1.807, 2.05) is 13.0 Å². The van der Waals surface area contributed by atoms with Crippen molar-refractivity contribution in [2.45, 2.75) is 19.9 Å². The van der Waals surface area contributed by atoms with Crippen molar-refractivity contribution in [2.24, 2.45) is 0 Å². The van der Waals surface area contributed by atoms with Crippen molar-refractivity contribution in [1.82, 2.24) is 5.32 Å². The minimum absolute atomic E-state index is 0.247. The van der Waals surface area contributed by atoms with E-state index in [1.165, 1.54) is 12.1 Å². The van der Waals surface area contributed by atoms with Crippen molar-refractivity contribution >= 4 is 21.8 Å². The lowest BCUT2D eigenvalue weighted by Gasteiger charge is -2.15. The van der Waals surface area contributed by atoms with Crippen molar-refractivity contribution < 1.29 is 13.6 Å². The van der Waals surface area contributed by atoms with Gasteiger partial charge in [-0.2, -0.15) is 0 Å². The Kier molecular flexibility index (Phi) is 4.73. The quantitative estimate of drug-likeness (QED) is 0.862. The zero-order chi connectivity index (χ0) is 15.6. The van der Waals surface area contributed by atoms with Crippen LogP contribution in [0.1, 0.15) is 34.5 Å². The summed E-state index contributed by atoms with van der Waals surface area (Å²) in [6.07, 6.45) is 0. The zero-order valence-corrected chi connectivity index (χ0v) is 13.2. The van der Waals surface area contributed by atoms with Gasteiger partial charge in [0.15, 0.2) is 0 Å². The number of nitrogens with one attached hydrogen (secondary N) is 1. The smallest absolute Gasteiger partial charge is 0.251 e. The largest absolute Gasteiger partial charge is 0.345 e. The van der Waals surface area contributed by atoms with Crippen molar-refractivity contribution in [3.05, 3.63) is 69.2 Å². The molecule has 0 saturated heterocycles. The second-order valence-electron chi connectivity index (χ2n) is 4.88. The second-order valence-corrected chi connectivity index (χ2v) is 5.79. The van der Waals surface area contributed by atoms with E-state index in [2.05, 4.69) is 21.2 Å². The first-order valence-corrected chi connectivity index (χ1v) is 7.19. The van der Waals surface area contributed by atoms with Gasteiger partial charge in [-0.15, -0.1) is 0 Å². The maximum Gasteiger partial charge on any atom is 0.251 e. The van der Waals surface area contributed by atoms with Crippen LogP contribution in [0.4, 0.5) is 8.78 Å². The number of hydrogen-bond acceptors (Lipinski definition) is 1. The Hall–Kier alpha value is -1.75. The van der Waals surface area contributed by atoms with Crippen molar-refractivity contribution in [3.8, 4) is 0 Å². The van der Waals surface area contributed by atoms with Crippen LogP contribution in [0.2, 0.25) is 0 Å². The van der Waals surface area contributed by atoms with Gasteiger partial charge in [0, 0.05) is 21.7 Å². The van der Waals surface area contributed by atoms with Crippen LogP contribution in [0, 0.1) is 18.6 Å². The lowest BCUT2D eigenvalue weighted by Crippen LogP contribution is -2.27. The fourth-order valence-corrected chi connectivity index (χ4v) is 2.69. The maximum absolute atomic E-state index is 13.7. The molecule has 0 aliphatic carbocycles. The van der Waals surface area contributed by atoms with E-state index in [-0.39, 0.29) is 11.5 Å². The zero-order valence-electron chi connectivity index (χ0n) is 11.6. The number of hydrogen-bond donors (Lipinski definition) is 1. The molecule has 110 valence electrons. The van der Waals surface area contributed by atoms with Crippen molar-refractivity contribution in [1.29, 1.82) is 0 Å². The van der Waals surface area contributed by atoms with E-state index in [1.54, 1.807) is 19.1 Å². The molecule has 0 aromatic heterocycles. The van der Waals surface area contributed by atoms with E-state index in [9.17, 15) is 13.6 Å². The third-order valence-corrected chi connectivity index (χ3v) is 3.54. The minimum atomic E-state index is -0.673. The van der Waals surface area contributed by atoms with E-state index in [0.29, 0.717) is 5.56 Å². The average Bonchev–Trinajstić information content (AvgIpc) is 2.37. The summed E-state index contributed by atoms with van der Waals surface area (Å²) in [6.45, 7) is 3.53. The Labute approximate surface area is 130 Å². The van der Waals surface area contributed by atoms with Gasteiger partial charge in [-0.05, 0) is 43.7 Å². The standard InChI is InChI=1S/C16H14BrF2NO/c1-9-5-11(7-12(17)6-9)16(21)20-10(2)14-4-3-13(18)8-15(14)19/h3-8,10H,1-2H3,(H,20,21). The van der Waals surface area contributed by atoms with Crippen molar-refractivity contribution in [3.63, 3.8) is 0 Å². The molecule has 1 N–H and O–H groups in total. The summed E-state index contributed by atoms with van der Waals surface area (Å²) in [6, 6.07) is 8.08. The van der Waals surface area contributed by atoms with Gasteiger partial charge < -0.3 is 5.32 Å². The third-order valence-electron chi connectivity index (χ3n) is 3.08. The maximum atomic E-state index is 13.7. The Morgan fingerprint density at radius 1 is 1.19 bits per heavy atom. The molecular weight excluding hydrogens is 340 g/mol. The highest BCUT2D eigenvalue weighted by Crippen LogP contribution is 2.20. The highest BCUT2D eigenvalue weighted by Gasteiger charge is 2.15. The van der Waals surface area contributed by atoms with E-state index in [4.69, 9.17) is 0 Å². The van der Waals surface area contributed by atoms with Crippen LogP contribution in [-0.4, -0.2) is 5.91 Å².